The average molecular weight is 520 g/mol. The SMILES string of the molecule is COC(=O)c1cc(NC(=O)C2CCCN(S(=O)(=O)Cc3ccc(Cl)c(Cl)c3)C2)ccc1Cl. The van der Waals surface area contributed by atoms with E-state index in [9.17, 15) is 18.0 Å². The van der Waals surface area contributed by atoms with Crippen LogP contribution in [0.1, 0.15) is 28.8 Å². The van der Waals surface area contributed by atoms with Crippen molar-refractivity contribution in [1.29, 1.82) is 0 Å². The fraction of sp³-hybridized carbons (Fsp3) is 0.333. The molecule has 172 valence electrons. The molecule has 0 spiro atoms. The molecule has 1 heterocycles. The predicted octanol–water partition coefficient (Wildman–Crippen LogP) is 4.61. The Morgan fingerprint density at radius 1 is 1.09 bits per heavy atom. The summed E-state index contributed by atoms with van der Waals surface area (Å²) < 4.78 is 31.8. The zero-order valence-electron chi connectivity index (χ0n) is 17.1. The van der Waals surface area contributed by atoms with Gasteiger partial charge in [0, 0.05) is 18.8 Å². The van der Waals surface area contributed by atoms with Crippen LogP contribution >= 0.6 is 34.8 Å². The number of piperidine rings is 1. The van der Waals surface area contributed by atoms with Gasteiger partial charge in [-0.25, -0.2) is 17.5 Å². The third-order valence-corrected chi connectivity index (χ3v) is 8.01. The second-order valence-electron chi connectivity index (χ2n) is 7.38. The molecule has 0 radical (unpaired) electrons. The molecule has 1 fully saturated rings. The molecule has 11 heteroatoms. The van der Waals surface area contributed by atoms with Crippen LogP contribution in [-0.4, -0.2) is 44.8 Å². The Labute approximate surface area is 201 Å². The van der Waals surface area contributed by atoms with E-state index in [1.165, 1.54) is 29.6 Å². The van der Waals surface area contributed by atoms with Crippen molar-refractivity contribution >= 4 is 62.4 Å². The van der Waals surface area contributed by atoms with Crippen molar-refractivity contribution in [3.63, 3.8) is 0 Å². The van der Waals surface area contributed by atoms with Crippen LogP contribution in [0.2, 0.25) is 15.1 Å². The highest BCUT2D eigenvalue weighted by Crippen LogP contribution is 2.27. The second-order valence-corrected chi connectivity index (χ2v) is 10.6. The summed E-state index contributed by atoms with van der Waals surface area (Å²) in [6.45, 7) is 0.397. The van der Waals surface area contributed by atoms with Gasteiger partial charge in [0.25, 0.3) is 0 Å². The predicted molar refractivity (Wildman–Crippen MR) is 125 cm³/mol. The summed E-state index contributed by atoms with van der Waals surface area (Å²) >= 11 is 17.9. The number of nitrogens with one attached hydrogen (secondary N) is 1. The van der Waals surface area contributed by atoms with Crippen LogP contribution in [0, 0.1) is 5.92 Å². The van der Waals surface area contributed by atoms with Gasteiger partial charge in [-0.15, -0.1) is 0 Å². The quantitative estimate of drug-likeness (QED) is 0.563. The number of amides is 1. The van der Waals surface area contributed by atoms with Crippen LogP contribution in [0.15, 0.2) is 36.4 Å². The lowest BCUT2D eigenvalue weighted by molar-refractivity contribution is -0.120. The minimum Gasteiger partial charge on any atom is -0.465 e. The van der Waals surface area contributed by atoms with Gasteiger partial charge in [-0.05, 0) is 48.7 Å². The van der Waals surface area contributed by atoms with E-state index in [1.54, 1.807) is 18.2 Å². The van der Waals surface area contributed by atoms with Crippen LogP contribution in [0.5, 0.6) is 0 Å². The molecule has 7 nitrogen and oxygen atoms in total. The first kappa shape index (κ1) is 24.8. The number of hydrogen-bond acceptors (Lipinski definition) is 5. The number of benzene rings is 2. The van der Waals surface area contributed by atoms with Crippen LogP contribution in [0.3, 0.4) is 0 Å². The molecule has 2 aromatic carbocycles. The Kier molecular flexibility index (Phi) is 8.06. The topological polar surface area (TPSA) is 92.8 Å². The zero-order chi connectivity index (χ0) is 23.5. The smallest absolute Gasteiger partial charge is 0.339 e. The number of nitrogens with zero attached hydrogens (tertiary/aromatic N) is 1. The summed E-state index contributed by atoms with van der Waals surface area (Å²) in [5.74, 6) is -1.73. The Balaban J connectivity index is 1.69. The maximum absolute atomic E-state index is 12.9. The molecular weight excluding hydrogens is 499 g/mol. The first-order chi connectivity index (χ1) is 15.1. The summed E-state index contributed by atoms with van der Waals surface area (Å²) in [7, 11) is -2.42. The van der Waals surface area contributed by atoms with E-state index < -0.39 is 21.9 Å². The van der Waals surface area contributed by atoms with Gasteiger partial charge in [-0.1, -0.05) is 40.9 Å². The zero-order valence-corrected chi connectivity index (χ0v) is 20.2. The molecule has 1 aliphatic rings. The van der Waals surface area contributed by atoms with E-state index in [4.69, 9.17) is 34.8 Å². The Morgan fingerprint density at radius 2 is 1.81 bits per heavy atom. The fourth-order valence-electron chi connectivity index (χ4n) is 3.45. The van der Waals surface area contributed by atoms with Crippen LogP contribution < -0.4 is 5.32 Å². The summed E-state index contributed by atoms with van der Waals surface area (Å²) in [6, 6.07) is 9.16. The molecule has 0 aromatic heterocycles. The van der Waals surface area contributed by atoms with Crippen LogP contribution in [0.25, 0.3) is 0 Å². The average Bonchev–Trinajstić information content (AvgIpc) is 2.77. The third-order valence-electron chi connectivity index (χ3n) is 5.12. The molecule has 2 aromatic rings. The molecule has 1 saturated heterocycles. The van der Waals surface area contributed by atoms with Gasteiger partial charge in [-0.3, -0.25) is 4.79 Å². The molecule has 3 rings (SSSR count). The monoisotopic (exact) mass is 518 g/mol. The van der Waals surface area contributed by atoms with Gasteiger partial charge in [0.2, 0.25) is 15.9 Å². The van der Waals surface area contributed by atoms with Gasteiger partial charge in [0.15, 0.2) is 0 Å². The second kappa shape index (κ2) is 10.4. The van der Waals surface area contributed by atoms with E-state index in [0.717, 1.165) is 0 Å². The number of hydrogen-bond donors (Lipinski definition) is 1. The van der Waals surface area contributed by atoms with Gasteiger partial charge in [0.05, 0.1) is 39.4 Å². The lowest BCUT2D eigenvalue weighted by Crippen LogP contribution is -2.44. The lowest BCUT2D eigenvalue weighted by Gasteiger charge is -2.31. The van der Waals surface area contributed by atoms with Crippen molar-refractivity contribution in [3.8, 4) is 0 Å². The normalized spacial score (nSPS) is 17.1. The molecule has 32 heavy (non-hydrogen) atoms. The number of esters is 1. The van der Waals surface area contributed by atoms with Crippen molar-refractivity contribution in [2.45, 2.75) is 18.6 Å². The van der Waals surface area contributed by atoms with Crippen molar-refractivity contribution in [1.82, 2.24) is 4.31 Å². The van der Waals surface area contributed by atoms with Crippen molar-refractivity contribution < 1.29 is 22.7 Å². The van der Waals surface area contributed by atoms with Crippen molar-refractivity contribution in [2.24, 2.45) is 5.92 Å². The molecule has 0 bridgehead atoms. The van der Waals surface area contributed by atoms with Crippen molar-refractivity contribution in [2.75, 3.05) is 25.5 Å². The highest BCUT2D eigenvalue weighted by Gasteiger charge is 2.32. The van der Waals surface area contributed by atoms with E-state index in [0.29, 0.717) is 35.7 Å². The van der Waals surface area contributed by atoms with Gasteiger partial charge >= 0.3 is 5.97 Å². The van der Waals surface area contributed by atoms with Crippen LogP contribution in [-0.2, 0) is 25.3 Å². The molecule has 1 amide bonds. The Morgan fingerprint density at radius 3 is 2.50 bits per heavy atom. The van der Waals surface area contributed by atoms with Gasteiger partial charge in [0.1, 0.15) is 0 Å². The van der Waals surface area contributed by atoms with E-state index >= 15 is 0 Å². The number of anilines is 1. The van der Waals surface area contributed by atoms with E-state index in [-0.39, 0.29) is 33.8 Å². The number of rotatable bonds is 6. The minimum absolute atomic E-state index is 0.0624. The third kappa shape index (κ3) is 5.94. The number of ether oxygens (including phenoxy) is 1. The number of carbonyl (C=O) groups is 2. The number of sulfonamides is 1. The fourth-order valence-corrected chi connectivity index (χ4v) is 5.57. The highest BCUT2D eigenvalue weighted by atomic mass is 35.5. The van der Waals surface area contributed by atoms with E-state index in [2.05, 4.69) is 10.1 Å². The number of methoxy groups -OCH3 is 1. The summed E-state index contributed by atoms with van der Waals surface area (Å²) in [6.07, 6.45) is 1.09. The van der Waals surface area contributed by atoms with Crippen LogP contribution in [0.4, 0.5) is 5.69 Å². The molecule has 1 aliphatic heterocycles. The molecule has 0 aliphatic carbocycles. The van der Waals surface area contributed by atoms with Crippen molar-refractivity contribution in [3.05, 3.63) is 62.6 Å². The van der Waals surface area contributed by atoms with Gasteiger partial charge < -0.3 is 10.1 Å². The molecule has 1 N–H and O–H groups in total. The summed E-state index contributed by atoms with van der Waals surface area (Å²) in [4.78, 5) is 24.6. The first-order valence-corrected chi connectivity index (χ1v) is 12.5. The molecule has 1 unspecified atom stereocenters. The highest BCUT2D eigenvalue weighted by molar-refractivity contribution is 7.88. The maximum Gasteiger partial charge on any atom is 0.339 e. The minimum atomic E-state index is -3.66. The first-order valence-electron chi connectivity index (χ1n) is 9.71. The molecular formula is C21H21Cl3N2O5S. The van der Waals surface area contributed by atoms with Gasteiger partial charge in [-0.2, -0.15) is 0 Å². The number of halogens is 3. The summed E-state index contributed by atoms with van der Waals surface area (Å²) in [5.41, 5.74) is 1.01. The lowest BCUT2D eigenvalue weighted by atomic mass is 9.98. The molecule has 0 saturated carbocycles. The molecule has 1 atom stereocenters. The summed E-state index contributed by atoms with van der Waals surface area (Å²) in [5, 5.41) is 3.56. The Hall–Kier alpha value is -1.84. The standard InChI is InChI=1S/C21H21Cl3N2O5S/c1-31-21(28)16-10-15(5-7-17(16)22)25-20(27)14-3-2-8-26(11-14)32(29,30)12-13-4-6-18(23)19(24)9-13/h4-7,9-10,14H,2-3,8,11-12H2,1H3,(H,25,27). The van der Waals surface area contributed by atoms with E-state index in [1.807, 2.05) is 0 Å². The number of carbonyl (C=O) groups excluding carboxylic acids is 2. The maximum atomic E-state index is 12.9. The Bertz CT molecular complexity index is 1140. The largest absolute Gasteiger partial charge is 0.465 e.